The molecular weight excluding hydrogens is 364 g/mol. The van der Waals surface area contributed by atoms with Crippen LogP contribution in [-0.4, -0.2) is 45.5 Å². The smallest absolute Gasteiger partial charge is 0.253 e. The second-order valence-corrected chi connectivity index (χ2v) is 9.81. The molecule has 7 heteroatoms. The van der Waals surface area contributed by atoms with Crippen LogP contribution in [0.5, 0.6) is 5.75 Å². The average Bonchev–Trinajstić information content (AvgIpc) is 3.12. The predicted molar refractivity (Wildman–Crippen MR) is 104 cm³/mol. The van der Waals surface area contributed by atoms with E-state index in [0.29, 0.717) is 30.5 Å². The van der Waals surface area contributed by atoms with Crippen molar-refractivity contribution in [1.82, 2.24) is 9.62 Å². The van der Waals surface area contributed by atoms with Gasteiger partial charge in [-0.3, -0.25) is 4.79 Å². The lowest BCUT2D eigenvalue weighted by Crippen LogP contribution is -2.42. The van der Waals surface area contributed by atoms with E-state index in [-0.39, 0.29) is 22.6 Å². The van der Waals surface area contributed by atoms with Gasteiger partial charge in [-0.1, -0.05) is 26.7 Å². The van der Waals surface area contributed by atoms with Crippen LogP contribution in [0.15, 0.2) is 23.1 Å². The molecule has 2 unspecified atom stereocenters. The zero-order valence-electron chi connectivity index (χ0n) is 16.4. The quantitative estimate of drug-likeness (QED) is 0.833. The van der Waals surface area contributed by atoms with Crippen molar-refractivity contribution in [2.45, 2.75) is 56.9 Å². The van der Waals surface area contributed by atoms with Crippen molar-refractivity contribution in [2.75, 3.05) is 20.2 Å². The van der Waals surface area contributed by atoms with Crippen LogP contribution >= 0.6 is 0 Å². The van der Waals surface area contributed by atoms with Gasteiger partial charge >= 0.3 is 0 Å². The monoisotopic (exact) mass is 394 g/mol. The molecule has 2 fully saturated rings. The number of ether oxygens (including phenoxy) is 1. The van der Waals surface area contributed by atoms with Gasteiger partial charge in [-0.2, -0.15) is 0 Å². The maximum atomic E-state index is 13.0. The van der Waals surface area contributed by atoms with Crippen molar-refractivity contribution >= 4 is 15.9 Å². The molecule has 1 heterocycles. The number of sulfonamides is 1. The number of nitrogens with zero attached hydrogens (tertiary/aromatic N) is 1. The fraction of sp³-hybridized carbons (Fsp3) is 0.650. The summed E-state index contributed by atoms with van der Waals surface area (Å²) in [6.45, 7) is 5.70. The molecule has 6 nitrogen and oxygen atoms in total. The number of amides is 1. The molecule has 1 saturated heterocycles. The molecule has 150 valence electrons. The van der Waals surface area contributed by atoms with Gasteiger partial charge in [0.25, 0.3) is 5.91 Å². The fourth-order valence-corrected chi connectivity index (χ4v) is 5.86. The predicted octanol–water partition coefficient (Wildman–Crippen LogP) is 3.03. The van der Waals surface area contributed by atoms with Gasteiger partial charge < -0.3 is 9.64 Å². The van der Waals surface area contributed by atoms with Gasteiger partial charge in [-0.05, 0) is 49.3 Å². The SMILES string of the molecule is COc1ccc(C(=O)N2CC(C)CC(C)C2)cc1S(=O)(=O)NC1CCCC1. The molecular formula is C20H30N2O4S. The highest BCUT2D eigenvalue weighted by Gasteiger charge is 2.29. The molecule has 2 aliphatic rings. The lowest BCUT2D eigenvalue weighted by Gasteiger charge is -2.35. The zero-order chi connectivity index (χ0) is 19.6. The van der Waals surface area contributed by atoms with E-state index in [0.717, 1.165) is 32.1 Å². The van der Waals surface area contributed by atoms with Crippen LogP contribution in [0.3, 0.4) is 0 Å². The standard InChI is InChI=1S/C20H30N2O4S/c1-14-10-15(2)13-22(12-14)20(23)16-8-9-18(26-3)19(11-16)27(24,25)21-17-6-4-5-7-17/h8-9,11,14-15,17,21H,4-7,10,12-13H2,1-3H3. The third-order valence-corrected chi connectivity index (χ3v) is 7.07. The summed E-state index contributed by atoms with van der Waals surface area (Å²) < 4.78 is 33.9. The van der Waals surface area contributed by atoms with Gasteiger partial charge in [-0.15, -0.1) is 0 Å². The Balaban J connectivity index is 1.87. The molecule has 1 amide bonds. The minimum Gasteiger partial charge on any atom is -0.495 e. The lowest BCUT2D eigenvalue weighted by atomic mass is 9.91. The summed E-state index contributed by atoms with van der Waals surface area (Å²) >= 11 is 0. The summed E-state index contributed by atoms with van der Waals surface area (Å²) in [6.07, 6.45) is 4.88. The minimum absolute atomic E-state index is 0.0390. The molecule has 1 aromatic carbocycles. The lowest BCUT2D eigenvalue weighted by molar-refractivity contribution is 0.0623. The van der Waals surface area contributed by atoms with Gasteiger partial charge in [-0.25, -0.2) is 13.1 Å². The van der Waals surface area contributed by atoms with E-state index >= 15 is 0 Å². The molecule has 1 aliphatic carbocycles. The van der Waals surface area contributed by atoms with Crippen molar-refractivity contribution in [2.24, 2.45) is 11.8 Å². The maximum Gasteiger partial charge on any atom is 0.253 e. The van der Waals surface area contributed by atoms with Gasteiger partial charge in [0.1, 0.15) is 10.6 Å². The Bertz CT molecular complexity index is 777. The summed E-state index contributed by atoms with van der Waals surface area (Å²) in [5.74, 6) is 1.04. The first kappa shape index (κ1) is 20.1. The first-order valence-electron chi connectivity index (χ1n) is 9.80. The van der Waals surface area contributed by atoms with Crippen LogP contribution < -0.4 is 9.46 Å². The van der Waals surface area contributed by atoms with Crippen LogP contribution in [0.25, 0.3) is 0 Å². The van der Waals surface area contributed by atoms with E-state index < -0.39 is 10.0 Å². The Morgan fingerprint density at radius 2 is 1.78 bits per heavy atom. The van der Waals surface area contributed by atoms with E-state index in [2.05, 4.69) is 18.6 Å². The number of piperidine rings is 1. The summed E-state index contributed by atoms with van der Waals surface area (Å²) in [7, 11) is -2.30. The second-order valence-electron chi connectivity index (χ2n) is 8.12. The van der Waals surface area contributed by atoms with E-state index in [1.54, 1.807) is 12.1 Å². The molecule has 1 aliphatic heterocycles. The summed E-state index contributed by atoms with van der Waals surface area (Å²) in [5, 5.41) is 0. The Morgan fingerprint density at radius 1 is 1.15 bits per heavy atom. The molecule has 0 radical (unpaired) electrons. The number of nitrogens with one attached hydrogen (secondary N) is 1. The normalized spacial score (nSPS) is 24.2. The van der Waals surface area contributed by atoms with Crippen LogP contribution in [-0.2, 0) is 10.0 Å². The Kier molecular flexibility index (Phi) is 6.11. The van der Waals surface area contributed by atoms with Crippen LogP contribution in [0.4, 0.5) is 0 Å². The summed E-state index contributed by atoms with van der Waals surface area (Å²) in [6, 6.07) is 4.65. The van der Waals surface area contributed by atoms with Gasteiger partial charge in [0, 0.05) is 24.7 Å². The van der Waals surface area contributed by atoms with E-state index in [1.165, 1.54) is 13.2 Å². The number of benzene rings is 1. The van der Waals surface area contributed by atoms with Crippen molar-refractivity contribution in [3.63, 3.8) is 0 Å². The van der Waals surface area contributed by atoms with Crippen LogP contribution in [0.1, 0.15) is 56.3 Å². The molecule has 1 N–H and O–H groups in total. The third kappa shape index (κ3) is 4.63. The topological polar surface area (TPSA) is 75.7 Å². The minimum atomic E-state index is -3.74. The number of methoxy groups -OCH3 is 1. The molecule has 2 atom stereocenters. The molecule has 1 aromatic rings. The molecule has 3 rings (SSSR count). The maximum absolute atomic E-state index is 13.0. The van der Waals surface area contributed by atoms with Crippen molar-refractivity contribution in [1.29, 1.82) is 0 Å². The van der Waals surface area contributed by atoms with E-state index in [1.807, 2.05) is 4.90 Å². The number of hydrogen-bond donors (Lipinski definition) is 1. The van der Waals surface area contributed by atoms with Gasteiger partial charge in [0.05, 0.1) is 7.11 Å². The molecule has 0 spiro atoms. The first-order valence-corrected chi connectivity index (χ1v) is 11.3. The number of hydrogen-bond acceptors (Lipinski definition) is 4. The highest BCUT2D eigenvalue weighted by Crippen LogP contribution is 2.29. The Labute approximate surface area is 162 Å². The van der Waals surface area contributed by atoms with E-state index in [4.69, 9.17) is 4.74 Å². The van der Waals surface area contributed by atoms with Crippen molar-refractivity contribution < 1.29 is 17.9 Å². The Hall–Kier alpha value is -1.60. The van der Waals surface area contributed by atoms with Gasteiger partial charge in [0.15, 0.2) is 0 Å². The highest BCUT2D eigenvalue weighted by atomic mass is 32.2. The summed E-state index contributed by atoms with van der Waals surface area (Å²) in [4.78, 5) is 14.9. The summed E-state index contributed by atoms with van der Waals surface area (Å²) in [5.41, 5.74) is 0.392. The van der Waals surface area contributed by atoms with E-state index in [9.17, 15) is 13.2 Å². The first-order chi connectivity index (χ1) is 12.8. The van der Waals surface area contributed by atoms with Gasteiger partial charge in [0.2, 0.25) is 10.0 Å². The fourth-order valence-electron chi connectivity index (χ4n) is 4.36. The second kappa shape index (κ2) is 8.19. The number of rotatable bonds is 5. The average molecular weight is 395 g/mol. The van der Waals surface area contributed by atoms with Crippen LogP contribution in [0.2, 0.25) is 0 Å². The highest BCUT2D eigenvalue weighted by molar-refractivity contribution is 7.89. The number of carbonyl (C=O) groups is 1. The zero-order valence-corrected chi connectivity index (χ0v) is 17.2. The van der Waals surface area contributed by atoms with Crippen molar-refractivity contribution in [3.8, 4) is 5.75 Å². The Morgan fingerprint density at radius 3 is 2.37 bits per heavy atom. The van der Waals surface area contributed by atoms with Crippen LogP contribution in [0, 0.1) is 11.8 Å². The number of carbonyl (C=O) groups excluding carboxylic acids is 1. The molecule has 1 saturated carbocycles. The molecule has 0 aromatic heterocycles. The molecule has 27 heavy (non-hydrogen) atoms. The third-order valence-electron chi connectivity index (χ3n) is 5.53. The van der Waals surface area contributed by atoms with Crippen molar-refractivity contribution in [3.05, 3.63) is 23.8 Å². The molecule has 0 bridgehead atoms. The number of likely N-dealkylation sites (tertiary alicyclic amines) is 1. The largest absolute Gasteiger partial charge is 0.495 e.